The Hall–Kier alpha value is -3.59. The smallest absolute Gasteiger partial charge is 0.130 e. The summed E-state index contributed by atoms with van der Waals surface area (Å²) in [6.07, 6.45) is 0.795. The molecule has 0 bridgehead atoms. The molecule has 3 heteroatoms. The Morgan fingerprint density at radius 3 is 1.77 bits per heavy atom. The molecule has 0 aromatic heterocycles. The fourth-order valence-corrected chi connectivity index (χ4v) is 5.07. The molecule has 5 rings (SSSR count). The monoisotopic (exact) mass is 394 g/mol. The normalized spacial score (nSPS) is 13.7. The molecular formula is C27H23FN2. The van der Waals surface area contributed by atoms with Gasteiger partial charge < -0.3 is 11.5 Å². The van der Waals surface area contributed by atoms with Crippen molar-refractivity contribution in [1.82, 2.24) is 0 Å². The molecule has 0 heterocycles. The number of anilines is 2. The fraction of sp³-hybridized carbons (Fsp3) is 0.111. The van der Waals surface area contributed by atoms with Gasteiger partial charge in [0.05, 0.1) is 5.41 Å². The minimum atomic E-state index is -0.774. The van der Waals surface area contributed by atoms with Gasteiger partial charge in [-0.25, -0.2) is 4.39 Å². The number of nitrogens with two attached hydrogens (primary N) is 2. The van der Waals surface area contributed by atoms with Crippen molar-refractivity contribution in [2.75, 3.05) is 11.5 Å². The third-order valence-electron chi connectivity index (χ3n) is 6.26. The van der Waals surface area contributed by atoms with Crippen LogP contribution in [0.5, 0.6) is 0 Å². The maximum absolute atomic E-state index is 15.6. The molecule has 0 saturated heterocycles. The van der Waals surface area contributed by atoms with Crippen molar-refractivity contribution in [1.29, 1.82) is 0 Å². The lowest BCUT2D eigenvalue weighted by Crippen LogP contribution is -2.31. The van der Waals surface area contributed by atoms with Gasteiger partial charge in [0.25, 0.3) is 0 Å². The molecule has 0 unspecified atom stereocenters. The van der Waals surface area contributed by atoms with Gasteiger partial charge in [-0.15, -0.1) is 0 Å². The summed E-state index contributed by atoms with van der Waals surface area (Å²) in [6.45, 7) is 2.11. The minimum Gasteiger partial charge on any atom is -0.399 e. The summed E-state index contributed by atoms with van der Waals surface area (Å²) >= 11 is 0. The Bertz CT molecular complexity index is 1230. The van der Waals surface area contributed by atoms with Gasteiger partial charge in [-0.05, 0) is 64.1 Å². The van der Waals surface area contributed by atoms with Crippen LogP contribution in [0.4, 0.5) is 15.8 Å². The van der Waals surface area contributed by atoms with E-state index >= 15 is 4.39 Å². The molecule has 4 aromatic carbocycles. The second kappa shape index (κ2) is 6.74. The standard InChI is InChI=1S/C27H23FN2/c1-2-17-15-18(29)11-13-22(17)27(25-14-12-19(30)16-26(25)28)23-9-5-3-7-20(23)21-8-4-6-10-24(21)27/h3-16H,2,29-30H2,1H3. The van der Waals surface area contributed by atoms with Crippen LogP contribution in [0.15, 0.2) is 84.9 Å². The quantitative estimate of drug-likeness (QED) is 0.374. The molecule has 1 aliphatic rings. The van der Waals surface area contributed by atoms with E-state index in [1.165, 1.54) is 6.07 Å². The molecular weight excluding hydrogens is 371 g/mol. The largest absolute Gasteiger partial charge is 0.399 e. The third-order valence-corrected chi connectivity index (χ3v) is 6.26. The third kappa shape index (κ3) is 2.42. The number of hydrogen-bond donors (Lipinski definition) is 2. The highest BCUT2D eigenvalue weighted by Gasteiger charge is 2.48. The maximum atomic E-state index is 15.6. The highest BCUT2D eigenvalue weighted by atomic mass is 19.1. The first-order chi connectivity index (χ1) is 14.6. The first-order valence-corrected chi connectivity index (χ1v) is 10.2. The zero-order chi connectivity index (χ0) is 20.9. The number of nitrogen functional groups attached to an aromatic ring is 2. The molecule has 4 aromatic rings. The van der Waals surface area contributed by atoms with E-state index in [-0.39, 0.29) is 5.82 Å². The number of halogens is 1. The molecule has 0 radical (unpaired) electrons. The van der Waals surface area contributed by atoms with Crippen LogP contribution in [0.1, 0.15) is 34.7 Å². The topological polar surface area (TPSA) is 52.0 Å². The van der Waals surface area contributed by atoms with Crippen molar-refractivity contribution >= 4 is 11.4 Å². The molecule has 0 aliphatic heterocycles. The van der Waals surface area contributed by atoms with Crippen LogP contribution in [-0.2, 0) is 11.8 Å². The number of fused-ring (bicyclic) bond motifs is 3. The van der Waals surface area contributed by atoms with Crippen molar-refractivity contribution < 1.29 is 4.39 Å². The van der Waals surface area contributed by atoms with Crippen LogP contribution in [0.25, 0.3) is 11.1 Å². The summed E-state index contributed by atoms with van der Waals surface area (Å²) in [4.78, 5) is 0. The van der Waals surface area contributed by atoms with Crippen LogP contribution in [0.3, 0.4) is 0 Å². The Labute approximate surface area is 176 Å². The van der Waals surface area contributed by atoms with E-state index in [0.717, 1.165) is 39.8 Å². The van der Waals surface area contributed by atoms with E-state index in [1.807, 2.05) is 42.5 Å². The molecule has 1 aliphatic carbocycles. The fourth-order valence-electron chi connectivity index (χ4n) is 5.07. The first-order valence-electron chi connectivity index (χ1n) is 10.2. The highest BCUT2D eigenvalue weighted by molar-refractivity contribution is 5.86. The lowest BCUT2D eigenvalue weighted by atomic mass is 9.66. The van der Waals surface area contributed by atoms with Crippen molar-refractivity contribution in [2.24, 2.45) is 0 Å². The van der Waals surface area contributed by atoms with Gasteiger partial charge in [0.15, 0.2) is 0 Å². The molecule has 0 amide bonds. The Kier molecular flexibility index (Phi) is 4.14. The predicted molar refractivity (Wildman–Crippen MR) is 122 cm³/mol. The average Bonchev–Trinajstić information content (AvgIpc) is 3.05. The van der Waals surface area contributed by atoms with E-state index in [9.17, 15) is 0 Å². The SMILES string of the molecule is CCc1cc(N)ccc1C1(c2ccc(N)cc2F)c2ccccc2-c2ccccc21. The van der Waals surface area contributed by atoms with Gasteiger partial charge in [0, 0.05) is 16.9 Å². The first kappa shape index (κ1) is 18.4. The lowest BCUT2D eigenvalue weighted by Gasteiger charge is -2.35. The molecule has 0 fully saturated rings. The Balaban J connectivity index is 2.01. The van der Waals surface area contributed by atoms with Crippen LogP contribution in [-0.4, -0.2) is 0 Å². The van der Waals surface area contributed by atoms with E-state index in [0.29, 0.717) is 16.9 Å². The average molecular weight is 394 g/mol. The second-order valence-electron chi connectivity index (χ2n) is 7.85. The van der Waals surface area contributed by atoms with Gasteiger partial charge in [-0.1, -0.05) is 67.6 Å². The zero-order valence-electron chi connectivity index (χ0n) is 16.8. The minimum absolute atomic E-state index is 0.305. The second-order valence-corrected chi connectivity index (χ2v) is 7.85. The van der Waals surface area contributed by atoms with Gasteiger partial charge in [-0.2, -0.15) is 0 Å². The van der Waals surface area contributed by atoms with Crippen LogP contribution in [0, 0.1) is 5.82 Å². The van der Waals surface area contributed by atoms with Crippen molar-refractivity contribution in [3.63, 3.8) is 0 Å². The lowest BCUT2D eigenvalue weighted by molar-refractivity contribution is 0.584. The van der Waals surface area contributed by atoms with Crippen LogP contribution < -0.4 is 11.5 Å². The molecule has 148 valence electrons. The summed E-state index contributed by atoms with van der Waals surface area (Å²) < 4.78 is 15.6. The highest BCUT2D eigenvalue weighted by Crippen LogP contribution is 2.57. The molecule has 2 nitrogen and oxygen atoms in total. The zero-order valence-corrected chi connectivity index (χ0v) is 16.8. The van der Waals surface area contributed by atoms with Crippen molar-refractivity contribution in [3.8, 4) is 11.1 Å². The predicted octanol–water partition coefficient (Wildman–Crippen LogP) is 5.92. The van der Waals surface area contributed by atoms with Gasteiger partial charge in [0.1, 0.15) is 5.82 Å². The van der Waals surface area contributed by atoms with E-state index < -0.39 is 5.41 Å². The van der Waals surface area contributed by atoms with E-state index in [2.05, 4.69) is 37.3 Å². The van der Waals surface area contributed by atoms with E-state index in [4.69, 9.17) is 11.5 Å². The summed E-state index contributed by atoms with van der Waals surface area (Å²) in [5.74, 6) is -0.305. The molecule has 4 N–H and O–H groups in total. The van der Waals surface area contributed by atoms with E-state index in [1.54, 1.807) is 6.07 Å². The van der Waals surface area contributed by atoms with Crippen LogP contribution in [0.2, 0.25) is 0 Å². The molecule has 0 atom stereocenters. The van der Waals surface area contributed by atoms with Crippen molar-refractivity contribution in [2.45, 2.75) is 18.8 Å². The number of hydrogen-bond acceptors (Lipinski definition) is 2. The molecule has 0 spiro atoms. The maximum Gasteiger partial charge on any atom is 0.130 e. The summed E-state index contributed by atoms with van der Waals surface area (Å²) in [5, 5.41) is 0. The Morgan fingerprint density at radius 1 is 0.667 bits per heavy atom. The number of rotatable bonds is 3. The molecule has 30 heavy (non-hydrogen) atoms. The van der Waals surface area contributed by atoms with Crippen LogP contribution >= 0.6 is 0 Å². The molecule has 0 saturated carbocycles. The Morgan fingerprint density at radius 2 is 1.20 bits per heavy atom. The van der Waals surface area contributed by atoms with Crippen molar-refractivity contribution in [3.05, 3.63) is 119 Å². The summed E-state index contributed by atoms with van der Waals surface area (Å²) in [7, 11) is 0. The number of benzene rings is 4. The summed E-state index contributed by atoms with van der Waals surface area (Å²) in [5.41, 5.74) is 19.6. The van der Waals surface area contributed by atoms with Gasteiger partial charge in [-0.3, -0.25) is 0 Å². The number of aryl methyl sites for hydroxylation is 1. The van der Waals surface area contributed by atoms with Gasteiger partial charge in [0.2, 0.25) is 0 Å². The van der Waals surface area contributed by atoms with Gasteiger partial charge >= 0.3 is 0 Å². The summed E-state index contributed by atoms with van der Waals surface area (Å²) in [6, 6.07) is 27.6.